The highest BCUT2D eigenvalue weighted by atomic mass is 28.4. The topological polar surface area (TPSA) is 43.5 Å². The zero-order valence-corrected chi connectivity index (χ0v) is 31.8. The summed E-state index contributed by atoms with van der Waals surface area (Å²) in [5.41, 5.74) is 0. The molecule has 2 aliphatic heterocycles. The minimum absolute atomic E-state index is 0.619. The van der Waals surface area contributed by atoms with Gasteiger partial charge in [-0.25, -0.2) is 0 Å². The van der Waals surface area contributed by atoms with E-state index >= 15 is 0 Å². The number of hydrogen-bond donors (Lipinski definition) is 0. The maximum atomic E-state index is 6.97. The Balaban J connectivity index is 1.000. The minimum Gasteiger partial charge on any atom is -0.455 e. The molecule has 4 aliphatic rings. The molecule has 0 bridgehead atoms. The summed E-state index contributed by atoms with van der Waals surface area (Å²) < 4.78 is 25.4. The average molecular weight is 627 g/mol. The normalized spacial score (nSPS) is 30.6. The van der Waals surface area contributed by atoms with Crippen molar-refractivity contribution in [3.63, 3.8) is 0 Å². The third-order valence-corrected chi connectivity index (χ3v) is 25.4. The fraction of sp³-hybridized carbons (Fsp3) is 1.00. The second-order valence-corrected chi connectivity index (χ2v) is 34.4. The smallest absolute Gasteiger partial charge is 0.173 e. The molecular weight excluding hydrogens is 561 g/mol. The van der Waals surface area contributed by atoms with Gasteiger partial charge in [-0.1, -0.05) is 51.4 Å². The zero-order chi connectivity index (χ0) is 29.0. The maximum absolute atomic E-state index is 6.97. The number of rotatable bonds is 19. The van der Waals surface area contributed by atoms with Crippen molar-refractivity contribution in [1.82, 2.24) is 0 Å². The number of hydrogen-bond acceptors (Lipinski definition) is 4. The largest absolute Gasteiger partial charge is 0.455 e. The number of epoxide rings is 2. The van der Waals surface area contributed by atoms with Crippen LogP contribution in [0.2, 0.25) is 76.6 Å². The van der Waals surface area contributed by atoms with Crippen molar-refractivity contribution >= 4 is 33.3 Å². The Hall–Kier alpha value is 0.708. The number of fused-ring (bicyclic) bond motifs is 2. The van der Waals surface area contributed by atoms with E-state index in [2.05, 4.69) is 52.4 Å². The second-order valence-electron chi connectivity index (χ2n) is 16.7. The molecule has 2 aliphatic carbocycles. The van der Waals surface area contributed by atoms with Crippen LogP contribution in [0.1, 0.15) is 89.9 Å². The van der Waals surface area contributed by atoms with E-state index in [9.17, 15) is 0 Å². The lowest BCUT2D eigenvalue weighted by Crippen LogP contribution is -2.44. The van der Waals surface area contributed by atoms with Crippen molar-refractivity contribution in [3.05, 3.63) is 0 Å². The summed E-state index contributed by atoms with van der Waals surface area (Å²) in [4.78, 5) is 0. The monoisotopic (exact) mass is 626 g/mol. The second kappa shape index (κ2) is 14.2. The number of ether oxygens (including phenoxy) is 2. The minimum atomic E-state index is -1.56. The molecule has 2 saturated carbocycles. The summed E-state index contributed by atoms with van der Waals surface area (Å²) in [6.07, 6.45) is 21.6. The van der Waals surface area contributed by atoms with Gasteiger partial charge >= 0.3 is 0 Å². The molecule has 4 nitrogen and oxygen atoms in total. The van der Waals surface area contributed by atoms with E-state index in [1.807, 2.05) is 0 Å². The van der Waals surface area contributed by atoms with E-state index in [1.165, 1.54) is 114 Å². The Labute approximate surface area is 253 Å². The highest BCUT2D eigenvalue weighted by Gasteiger charge is 2.45. The van der Waals surface area contributed by atoms with Crippen LogP contribution in [0.25, 0.3) is 0 Å². The van der Waals surface area contributed by atoms with E-state index in [1.54, 1.807) is 0 Å². The molecule has 4 fully saturated rings. The molecular formula is C32H66O4Si4. The molecule has 0 aromatic heterocycles. The molecule has 2 saturated heterocycles. The molecule has 4 rings (SSSR count). The molecule has 8 heteroatoms. The van der Waals surface area contributed by atoms with E-state index < -0.39 is 33.3 Å². The van der Waals surface area contributed by atoms with Crippen molar-refractivity contribution in [1.29, 1.82) is 0 Å². The molecule has 234 valence electrons. The van der Waals surface area contributed by atoms with Crippen molar-refractivity contribution in [2.75, 3.05) is 0 Å². The van der Waals surface area contributed by atoms with Gasteiger partial charge in [-0.3, -0.25) is 0 Å². The van der Waals surface area contributed by atoms with Gasteiger partial charge in [-0.15, -0.1) is 0 Å². The van der Waals surface area contributed by atoms with Crippen LogP contribution in [0.4, 0.5) is 0 Å². The van der Waals surface area contributed by atoms with Crippen LogP contribution in [0.3, 0.4) is 0 Å². The SMILES string of the molecule is C[Si](C)(CCCCCCCC[Si](C)(C)O[Si](C)(C)CCC1CCC2OC2C1)O[Si](C)(C)CCC1CCC2OC2C1. The summed E-state index contributed by atoms with van der Waals surface area (Å²) in [5.74, 6) is 1.79. The molecule has 6 atom stereocenters. The van der Waals surface area contributed by atoms with E-state index in [-0.39, 0.29) is 0 Å². The first-order valence-electron chi connectivity index (χ1n) is 17.4. The predicted octanol–water partition coefficient (Wildman–Crippen LogP) is 10.1. The Kier molecular flexibility index (Phi) is 11.9. The summed E-state index contributed by atoms with van der Waals surface area (Å²) in [7, 11) is -6.21. The van der Waals surface area contributed by atoms with Gasteiger partial charge < -0.3 is 17.7 Å². The van der Waals surface area contributed by atoms with Gasteiger partial charge in [-0.2, -0.15) is 0 Å². The predicted molar refractivity (Wildman–Crippen MR) is 180 cm³/mol. The highest BCUT2D eigenvalue weighted by molar-refractivity contribution is 6.85. The summed E-state index contributed by atoms with van der Waals surface area (Å²) in [6.45, 7) is 19.8. The van der Waals surface area contributed by atoms with Crippen molar-refractivity contribution in [2.24, 2.45) is 11.8 Å². The summed E-state index contributed by atoms with van der Waals surface area (Å²) in [5, 5.41) is 0. The molecule has 6 unspecified atom stereocenters. The van der Waals surface area contributed by atoms with E-state index in [4.69, 9.17) is 17.7 Å². The van der Waals surface area contributed by atoms with Crippen molar-refractivity contribution in [3.8, 4) is 0 Å². The highest BCUT2D eigenvalue weighted by Crippen LogP contribution is 2.43. The lowest BCUT2D eigenvalue weighted by atomic mass is 9.88. The van der Waals surface area contributed by atoms with Crippen LogP contribution in [-0.2, 0) is 17.7 Å². The molecule has 40 heavy (non-hydrogen) atoms. The Bertz CT molecular complexity index is 725. The first-order chi connectivity index (χ1) is 18.7. The standard InChI is InChI=1S/C32H66O4Si4/c1-37(2,35-39(5,6)23-19-27-15-17-29-31(25-27)33-29)21-13-11-9-10-12-14-22-38(3,4)36-40(7,8)24-20-28-16-18-30-32(26-28)34-30/h27-32H,9-26H2,1-8H3. The van der Waals surface area contributed by atoms with Gasteiger partial charge in [0.15, 0.2) is 33.3 Å². The van der Waals surface area contributed by atoms with Crippen LogP contribution in [0.5, 0.6) is 0 Å². The fourth-order valence-corrected chi connectivity index (χ4v) is 26.1. The summed E-state index contributed by atoms with van der Waals surface area (Å²) in [6, 6.07) is 5.36. The third-order valence-electron chi connectivity index (χ3n) is 10.4. The lowest BCUT2D eigenvalue weighted by Gasteiger charge is -2.35. The molecule has 2 heterocycles. The Morgan fingerprint density at radius 3 is 1.18 bits per heavy atom. The first kappa shape index (κ1) is 33.6. The first-order valence-corrected chi connectivity index (χ1v) is 29.9. The average Bonchev–Trinajstić information content (AvgIpc) is 3.76. The molecule has 0 aromatic rings. The van der Waals surface area contributed by atoms with Gasteiger partial charge in [0.25, 0.3) is 0 Å². The molecule has 0 radical (unpaired) electrons. The van der Waals surface area contributed by atoms with Crippen molar-refractivity contribution in [2.45, 2.75) is 191 Å². The Morgan fingerprint density at radius 2 is 0.800 bits per heavy atom. The quantitative estimate of drug-likeness (QED) is 0.0813. The van der Waals surface area contributed by atoms with Crippen molar-refractivity contribution < 1.29 is 17.7 Å². The molecule has 0 N–H and O–H groups in total. The van der Waals surface area contributed by atoms with Gasteiger partial charge in [0.05, 0.1) is 24.4 Å². The van der Waals surface area contributed by atoms with Crippen LogP contribution in [-0.4, -0.2) is 57.7 Å². The van der Waals surface area contributed by atoms with Crippen LogP contribution < -0.4 is 0 Å². The van der Waals surface area contributed by atoms with Gasteiger partial charge in [0, 0.05) is 0 Å². The van der Waals surface area contributed by atoms with E-state index in [0.29, 0.717) is 24.4 Å². The zero-order valence-electron chi connectivity index (χ0n) is 27.8. The van der Waals surface area contributed by atoms with Gasteiger partial charge in [0.2, 0.25) is 0 Å². The molecule has 0 spiro atoms. The van der Waals surface area contributed by atoms with Crippen LogP contribution in [0.15, 0.2) is 0 Å². The molecule has 0 amide bonds. The van der Waals surface area contributed by atoms with E-state index in [0.717, 1.165) is 11.8 Å². The lowest BCUT2D eigenvalue weighted by molar-refractivity contribution is 0.354. The molecule has 0 aromatic carbocycles. The maximum Gasteiger partial charge on any atom is 0.173 e. The van der Waals surface area contributed by atoms with Gasteiger partial charge in [0.1, 0.15) is 0 Å². The fourth-order valence-electron chi connectivity index (χ4n) is 8.11. The van der Waals surface area contributed by atoms with Crippen LogP contribution >= 0.6 is 0 Å². The van der Waals surface area contributed by atoms with Gasteiger partial charge in [-0.05, 0) is 127 Å². The van der Waals surface area contributed by atoms with Crippen LogP contribution in [0, 0.1) is 11.8 Å². The number of unbranched alkanes of at least 4 members (excludes halogenated alkanes) is 5. The Morgan fingerprint density at radius 1 is 0.450 bits per heavy atom. The summed E-state index contributed by atoms with van der Waals surface area (Å²) >= 11 is 0. The third kappa shape index (κ3) is 12.0.